The highest BCUT2D eigenvalue weighted by molar-refractivity contribution is 7.90. The van der Waals surface area contributed by atoms with Gasteiger partial charge in [0, 0.05) is 6.04 Å². The Labute approximate surface area is 85.4 Å². The zero-order chi connectivity index (χ0) is 10.8. The minimum atomic E-state index is -3.42. The summed E-state index contributed by atoms with van der Waals surface area (Å²) in [6.45, 7) is 3.79. The average Bonchev–Trinajstić information content (AvgIpc) is 2.02. The van der Waals surface area contributed by atoms with Gasteiger partial charge in [0.1, 0.15) is 0 Å². The van der Waals surface area contributed by atoms with Crippen LogP contribution in [0.2, 0.25) is 0 Å². The zero-order valence-corrected chi connectivity index (χ0v) is 9.34. The number of nitriles is 1. The van der Waals surface area contributed by atoms with Crippen molar-refractivity contribution < 1.29 is 8.42 Å². The molecule has 0 aromatic heterocycles. The van der Waals surface area contributed by atoms with Gasteiger partial charge < -0.3 is 0 Å². The van der Waals surface area contributed by atoms with Crippen molar-refractivity contribution in [2.75, 3.05) is 0 Å². The summed E-state index contributed by atoms with van der Waals surface area (Å²) in [5, 5.41) is 7.74. The fraction of sp³-hybridized carbons (Fsp3) is 0.889. The van der Waals surface area contributed by atoms with Gasteiger partial charge in [0.15, 0.2) is 5.25 Å². The Bertz CT molecular complexity index is 325. The van der Waals surface area contributed by atoms with E-state index in [4.69, 9.17) is 5.26 Å². The Hall–Kier alpha value is -0.600. The Morgan fingerprint density at radius 3 is 2.50 bits per heavy atom. The van der Waals surface area contributed by atoms with Gasteiger partial charge in [0.05, 0.1) is 6.07 Å². The van der Waals surface area contributed by atoms with Crippen molar-refractivity contribution in [1.82, 2.24) is 4.72 Å². The molecule has 1 N–H and O–H groups in total. The molecule has 0 radical (unpaired) electrons. The second kappa shape index (κ2) is 4.28. The molecule has 14 heavy (non-hydrogen) atoms. The van der Waals surface area contributed by atoms with Crippen LogP contribution in [0, 0.1) is 17.2 Å². The Kier molecular flexibility index (Phi) is 3.51. The lowest BCUT2D eigenvalue weighted by molar-refractivity contribution is 0.270. The number of nitrogens with one attached hydrogen (secondary N) is 1. The van der Waals surface area contributed by atoms with Gasteiger partial charge in [-0.25, -0.2) is 13.1 Å². The maximum absolute atomic E-state index is 11.6. The van der Waals surface area contributed by atoms with Crippen LogP contribution in [0.25, 0.3) is 0 Å². The summed E-state index contributed by atoms with van der Waals surface area (Å²) in [5.41, 5.74) is 0. The maximum Gasteiger partial charge on any atom is 0.228 e. The van der Waals surface area contributed by atoms with Crippen LogP contribution in [0.3, 0.4) is 0 Å². The second-order valence-corrected chi connectivity index (χ2v) is 5.86. The molecule has 0 aliphatic heterocycles. The van der Waals surface area contributed by atoms with Crippen LogP contribution in [-0.2, 0) is 10.0 Å². The minimum absolute atomic E-state index is 0.0531. The van der Waals surface area contributed by atoms with Crippen molar-refractivity contribution in [3.05, 3.63) is 0 Å². The number of nitrogens with zero attached hydrogens (tertiary/aromatic N) is 1. The van der Waals surface area contributed by atoms with E-state index in [0.717, 1.165) is 12.8 Å². The highest BCUT2D eigenvalue weighted by atomic mass is 32.2. The van der Waals surface area contributed by atoms with Crippen molar-refractivity contribution in [2.24, 2.45) is 5.92 Å². The molecule has 1 atom stereocenters. The van der Waals surface area contributed by atoms with Gasteiger partial charge in [0.2, 0.25) is 10.0 Å². The second-order valence-electron chi connectivity index (χ2n) is 3.96. The van der Waals surface area contributed by atoms with Crippen molar-refractivity contribution >= 4 is 10.0 Å². The van der Waals surface area contributed by atoms with Crippen LogP contribution in [0.15, 0.2) is 0 Å². The normalized spacial score (nSPS) is 28.9. The van der Waals surface area contributed by atoms with Crippen LogP contribution in [-0.4, -0.2) is 19.7 Å². The van der Waals surface area contributed by atoms with Gasteiger partial charge in [-0.2, -0.15) is 5.26 Å². The number of rotatable bonds is 4. The van der Waals surface area contributed by atoms with Crippen LogP contribution < -0.4 is 4.72 Å². The molecular formula is C9H16N2O2S. The quantitative estimate of drug-likeness (QED) is 0.762. The van der Waals surface area contributed by atoms with E-state index in [9.17, 15) is 8.42 Å². The first-order chi connectivity index (χ1) is 6.49. The van der Waals surface area contributed by atoms with E-state index in [-0.39, 0.29) is 6.04 Å². The molecule has 1 rings (SSSR count). The molecule has 0 spiro atoms. The van der Waals surface area contributed by atoms with Crippen LogP contribution >= 0.6 is 0 Å². The van der Waals surface area contributed by atoms with E-state index in [2.05, 4.69) is 11.6 Å². The summed E-state index contributed by atoms with van der Waals surface area (Å²) in [6.07, 6.45) is 2.12. The number of hydrogen-bond donors (Lipinski definition) is 1. The van der Waals surface area contributed by atoms with Crippen molar-refractivity contribution in [3.63, 3.8) is 0 Å². The molecule has 1 unspecified atom stereocenters. The molecule has 1 fully saturated rings. The molecule has 1 aliphatic carbocycles. The van der Waals surface area contributed by atoms with Crippen LogP contribution in [0.5, 0.6) is 0 Å². The first kappa shape index (κ1) is 11.5. The Morgan fingerprint density at radius 1 is 1.57 bits per heavy atom. The molecule has 0 saturated heterocycles. The van der Waals surface area contributed by atoms with Gasteiger partial charge in [-0.05, 0) is 25.2 Å². The summed E-state index contributed by atoms with van der Waals surface area (Å²) < 4.78 is 25.7. The molecular weight excluding hydrogens is 200 g/mol. The van der Waals surface area contributed by atoms with Crippen molar-refractivity contribution in [1.29, 1.82) is 5.26 Å². The largest absolute Gasteiger partial charge is 0.228 e. The predicted molar refractivity (Wildman–Crippen MR) is 53.9 cm³/mol. The van der Waals surface area contributed by atoms with E-state index < -0.39 is 15.3 Å². The molecule has 1 aliphatic rings. The smallest absolute Gasteiger partial charge is 0.211 e. The van der Waals surface area contributed by atoms with E-state index in [1.807, 2.05) is 0 Å². The lowest BCUT2D eigenvalue weighted by Gasteiger charge is -2.33. The van der Waals surface area contributed by atoms with Crippen LogP contribution in [0.1, 0.15) is 33.1 Å². The van der Waals surface area contributed by atoms with Gasteiger partial charge in [-0.3, -0.25) is 0 Å². The summed E-state index contributed by atoms with van der Waals surface area (Å²) in [6, 6.07) is 1.86. The first-order valence-corrected chi connectivity index (χ1v) is 6.45. The van der Waals surface area contributed by atoms with Crippen LogP contribution in [0.4, 0.5) is 0 Å². The first-order valence-electron chi connectivity index (χ1n) is 4.90. The van der Waals surface area contributed by atoms with Crippen molar-refractivity contribution in [2.45, 2.75) is 44.4 Å². The van der Waals surface area contributed by atoms with Gasteiger partial charge in [-0.1, -0.05) is 13.8 Å². The number of sulfonamides is 1. The molecule has 80 valence electrons. The fourth-order valence-corrected chi connectivity index (χ4v) is 3.09. The third kappa shape index (κ3) is 2.46. The SMILES string of the molecule is CCC(C#N)S(=O)(=O)NC1CC(C)C1. The molecule has 0 bridgehead atoms. The Morgan fingerprint density at radius 2 is 2.14 bits per heavy atom. The highest BCUT2D eigenvalue weighted by Crippen LogP contribution is 2.27. The average molecular weight is 216 g/mol. The number of hydrogen-bond acceptors (Lipinski definition) is 3. The van der Waals surface area contributed by atoms with Gasteiger partial charge in [0.25, 0.3) is 0 Å². The lowest BCUT2D eigenvalue weighted by Crippen LogP contribution is -2.46. The molecule has 0 heterocycles. The van der Waals surface area contributed by atoms with E-state index in [1.165, 1.54) is 0 Å². The zero-order valence-electron chi connectivity index (χ0n) is 8.53. The minimum Gasteiger partial charge on any atom is -0.211 e. The maximum atomic E-state index is 11.6. The molecule has 0 aromatic carbocycles. The highest BCUT2D eigenvalue weighted by Gasteiger charge is 2.32. The molecule has 0 amide bonds. The standard InChI is InChI=1S/C9H16N2O2S/c1-3-9(6-10)14(12,13)11-8-4-7(2)5-8/h7-9,11H,3-5H2,1-2H3. The summed E-state index contributed by atoms with van der Waals surface area (Å²) in [5.74, 6) is 0.602. The lowest BCUT2D eigenvalue weighted by atomic mass is 9.83. The molecule has 4 nitrogen and oxygen atoms in total. The predicted octanol–water partition coefficient (Wildman–Crippen LogP) is 1.01. The summed E-state index contributed by atoms with van der Waals surface area (Å²) in [7, 11) is -3.42. The molecule has 5 heteroatoms. The summed E-state index contributed by atoms with van der Waals surface area (Å²) in [4.78, 5) is 0. The van der Waals surface area contributed by atoms with Gasteiger partial charge in [-0.15, -0.1) is 0 Å². The fourth-order valence-electron chi connectivity index (χ4n) is 1.69. The van der Waals surface area contributed by atoms with Gasteiger partial charge >= 0.3 is 0 Å². The molecule has 0 aromatic rings. The monoisotopic (exact) mass is 216 g/mol. The van der Waals surface area contributed by atoms with E-state index in [1.54, 1.807) is 13.0 Å². The topological polar surface area (TPSA) is 70.0 Å². The third-order valence-electron chi connectivity index (χ3n) is 2.59. The van der Waals surface area contributed by atoms with E-state index >= 15 is 0 Å². The van der Waals surface area contributed by atoms with Crippen molar-refractivity contribution in [3.8, 4) is 6.07 Å². The summed E-state index contributed by atoms with van der Waals surface area (Å²) >= 11 is 0. The Balaban J connectivity index is 2.54. The molecule has 1 saturated carbocycles. The van der Waals surface area contributed by atoms with E-state index in [0.29, 0.717) is 12.3 Å². The third-order valence-corrected chi connectivity index (χ3v) is 4.44.